The van der Waals surface area contributed by atoms with Crippen molar-refractivity contribution in [2.75, 3.05) is 18.2 Å². The molecule has 2 aromatic carbocycles. The maximum Gasteiger partial charge on any atom is 0.339 e. The van der Waals surface area contributed by atoms with Crippen molar-refractivity contribution in [2.24, 2.45) is 0 Å². The fourth-order valence-corrected chi connectivity index (χ4v) is 3.19. The summed E-state index contributed by atoms with van der Waals surface area (Å²) >= 11 is 7.49. The number of ether oxygens (including phenoxy) is 1. The van der Waals surface area contributed by atoms with E-state index in [9.17, 15) is 9.59 Å². The van der Waals surface area contributed by atoms with Gasteiger partial charge in [0.25, 0.3) is 0 Å². The molecule has 6 heteroatoms. The maximum atomic E-state index is 12.0. The molecule has 0 aromatic heterocycles. The van der Waals surface area contributed by atoms with E-state index >= 15 is 0 Å². The number of methoxy groups -OCH3 is 1. The highest BCUT2D eigenvalue weighted by atomic mass is 35.5. The first-order chi connectivity index (χ1) is 11.5. The number of benzene rings is 2. The Kier molecular flexibility index (Phi) is 6.70. The number of carbonyl (C=O) groups excluding carboxylic acids is 2. The highest BCUT2D eigenvalue weighted by Gasteiger charge is 2.12. The van der Waals surface area contributed by atoms with Crippen LogP contribution in [0, 0.1) is 6.92 Å². The number of carbonyl (C=O) groups is 2. The lowest BCUT2D eigenvalue weighted by molar-refractivity contribution is -0.113. The number of hydrogen-bond donors (Lipinski definition) is 1. The molecule has 0 saturated carbocycles. The molecule has 1 N–H and O–H groups in total. The van der Waals surface area contributed by atoms with Crippen molar-refractivity contribution in [3.8, 4) is 0 Å². The van der Waals surface area contributed by atoms with Crippen LogP contribution >= 0.6 is 23.4 Å². The number of halogens is 1. The molecule has 4 nitrogen and oxygen atoms in total. The van der Waals surface area contributed by atoms with E-state index in [4.69, 9.17) is 11.6 Å². The van der Waals surface area contributed by atoms with Gasteiger partial charge in [-0.25, -0.2) is 4.79 Å². The number of hydrogen-bond acceptors (Lipinski definition) is 4. The number of thioether (sulfide) groups is 1. The molecule has 0 aliphatic carbocycles. The molecule has 126 valence electrons. The van der Waals surface area contributed by atoms with Gasteiger partial charge in [0.15, 0.2) is 0 Å². The van der Waals surface area contributed by atoms with Gasteiger partial charge in [-0.2, -0.15) is 0 Å². The standard InChI is InChI=1S/C18H18ClNO3S/c1-12-5-3-4-6-13(12)10-24-11-17(21)20-14-7-8-16(19)15(9-14)18(22)23-2/h3-9H,10-11H2,1-2H3,(H,20,21). The van der Waals surface area contributed by atoms with Crippen LogP contribution in [0.5, 0.6) is 0 Å². The van der Waals surface area contributed by atoms with E-state index in [0.717, 1.165) is 5.75 Å². The number of aryl methyl sites for hydroxylation is 1. The van der Waals surface area contributed by atoms with Crippen molar-refractivity contribution in [3.05, 3.63) is 64.2 Å². The SMILES string of the molecule is COC(=O)c1cc(NC(=O)CSCc2ccccc2C)ccc1Cl. The maximum absolute atomic E-state index is 12.0. The Morgan fingerprint density at radius 1 is 1.21 bits per heavy atom. The molecule has 0 unspecified atom stereocenters. The van der Waals surface area contributed by atoms with E-state index < -0.39 is 5.97 Å². The minimum atomic E-state index is -0.537. The van der Waals surface area contributed by atoms with Crippen molar-refractivity contribution in [3.63, 3.8) is 0 Å². The van der Waals surface area contributed by atoms with Crippen LogP contribution in [0.4, 0.5) is 5.69 Å². The number of rotatable bonds is 6. The summed E-state index contributed by atoms with van der Waals surface area (Å²) in [6, 6.07) is 12.8. The molecule has 24 heavy (non-hydrogen) atoms. The van der Waals surface area contributed by atoms with E-state index in [-0.39, 0.29) is 16.5 Å². The van der Waals surface area contributed by atoms with E-state index in [2.05, 4.69) is 29.1 Å². The summed E-state index contributed by atoms with van der Waals surface area (Å²) in [5.41, 5.74) is 3.17. The summed E-state index contributed by atoms with van der Waals surface area (Å²) < 4.78 is 4.66. The van der Waals surface area contributed by atoms with E-state index in [1.165, 1.54) is 36.1 Å². The van der Waals surface area contributed by atoms with Gasteiger partial charge in [0.05, 0.1) is 23.4 Å². The van der Waals surface area contributed by atoms with Crippen LogP contribution in [-0.4, -0.2) is 24.7 Å². The second-order valence-corrected chi connectivity index (χ2v) is 6.55. The fourth-order valence-electron chi connectivity index (χ4n) is 2.09. The predicted octanol–water partition coefficient (Wildman–Crippen LogP) is 4.31. The van der Waals surface area contributed by atoms with Crippen molar-refractivity contribution < 1.29 is 14.3 Å². The molecule has 0 bridgehead atoms. The van der Waals surface area contributed by atoms with Crippen molar-refractivity contribution in [1.29, 1.82) is 0 Å². The summed E-state index contributed by atoms with van der Waals surface area (Å²) in [7, 11) is 1.28. The number of amides is 1. The Balaban J connectivity index is 1.91. The number of nitrogens with one attached hydrogen (secondary N) is 1. The minimum Gasteiger partial charge on any atom is -0.465 e. The zero-order valence-electron chi connectivity index (χ0n) is 13.5. The van der Waals surface area contributed by atoms with E-state index in [1.807, 2.05) is 12.1 Å². The van der Waals surface area contributed by atoms with Crippen molar-refractivity contribution >= 4 is 40.9 Å². The molecule has 0 fully saturated rings. The summed E-state index contributed by atoms with van der Waals surface area (Å²) in [5.74, 6) is 0.426. The Hall–Kier alpha value is -1.98. The second-order valence-electron chi connectivity index (χ2n) is 5.15. The lowest BCUT2D eigenvalue weighted by Crippen LogP contribution is -2.15. The van der Waals surface area contributed by atoms with Gasteiger partial charge in [-0.3, -0.25) is 4.79 Å². The highest BCUT2D eigenvalue weighted by molar-refractivity contribution is 7.99. The first-order valence-electron chi connectivity index (χ1n) is 7.31. The predicted molar refractivity (Wildman–Crippen MR) is 98.8 cm³/mol. The third kappa shape index (κ3) is 5.01. The lowest BCUT2D eigenvalue weighted by Gasteiger charge is -2.09. The first-order valence-corrected chi connectivity index (χ1v) is 8.84. The molecule has 0 aliphatic rings. The molecule has 2 rings (SSSR count). The zero-order chi connectivity index (χ0) is 17.5. The van der Waals surface area contributed by atoms with Gasteiger partial charge in [-0.1, -0.05) is 35.9 Å². The smallest absolute Gasteiger partial charge is 0.339 e. The number of esters is 1. The van der Waals surface area contributed by atoms with Crippen LogP contribution in [0.3, 0.4) is 0 Å². The van der Waals surface area contributed by atoms with Crippen LogP contribution in [0.2, 0.25) is 5.02 Å². The van der Waals surface area contributed by atoms with Crippen LogP contribution in [0.25, 0.3) is 0 Å². The third-order valence-electron chi connectivity index (χ3n) is 3.41. The molecule has 0 saturated heterocycles. The Bertz CT molecular complexity index is 749. The summed E-state index contributed by atoms with van der Waals surface area (Å²) in [6.45, 7) is 2.05. The normalized spacial score (nSPS) is 10.3. The summed E-state index contributed by atoms with van der Waals surface area (Å²) in [5, 5.41) is 3.05. The number of anilines is 1. The van der Waals surface area contributed by atoms with Crippen molar-refractivity contribution in [1.82, 2.24) is 0 Å². The van der Waals surface area contributed by atoms with Gasteiger partial charge in [-0.15, -0.1) is 11.8 Å². The Labute approximate surface area is 150 Å². The molecule has 0 radical (unpaired) electrons. The second kappa shape index (κ2) is 8.76. The van der Waals surface area contributed by atoms with Crippen LogP contribution < -0.4 is 5.32 Å². The molecule has 1 amide bonds. The molecular weight excluding hydrogens is 346 g/mol. The molecule has 0 atom stereocenters. The van der Waals surface area contributed by atoms with Crippen molar-refractivity contribution in [2.45, 2.75) is 12.7 Å². The van der Waals surface area contributed by atoms with E-state index in [0.29, 0.717) is 11.4 Å². The largest absolute Gasteiger partial charge is 0.465 e. The van der Waals surface area contributed by atoms with Crippen LogP contribution in [-0.2, 0) is 15.3 Å². The topological polar surface area (TPSA) is 55.4 Å². The summed E-state index contributed by atoms with van der Waals surface area (Å²) in [6.07, 6.45) is 0. The molecule has 2 aromatic rings. The van der Waals surface area contributed by atoms with Gasteiger partial charge >= 0.3 is 5.97 Å². The molecule has 0 aliphatic heterocycles. The lowest BCUT2D eigenvalue weighted by atomic mass is 10.1. The minimum absolute atomic E-state index is 0.133. The Morgan fingerprint density at radius 3 is 2.67 bits per heavy atom. The van der Waals surface area contributed by atoms with Gasteiger partial charge in [0.1, 0.15) is 0 Å². The van der Waals surface area contributed by atoms with Gasteiger partial charge in [-0.05, 0) is 36.2 Å². The van der Waals surface area contributed by atoms with Crippen LogP contribution in [0.1, 0.15) is 21.5 Å². The van der Waals surface area contributed by atoms with E-state index in [1.54, 1.807) is 12.1 Å². The third-order valence-corrected chi connectivity index (χ3v) is 4.72. The Morgan fingerprint density at radius 2 is 1.96 bits per heavy atom. The van der Waals surface area contributed by atoms with Gasteiger partial charge in [0, 0.05) is 11.4 Å². The molecular formula is C18H18ClNO3S. The van der Waals surface area contributed by atoms with Crippen LogP contribution in [0.15, 0.2) is 42.5 Å². The van der Waals surface area contributed by atoms with Gasteiger partial charge < -0.3 is 10.1 Å². The molecule has 0 heterocycles. The fraction of sp³-hybridized carbons (Fsp3) is 0.222. The highest BCUT2D eigenvalue weighted by Crippen LogP contribution is 2.22. The molecule has 0 spiro atoms. The quantitative estimate of drug-likeness (QED) is 0.777. The summed E-state index contributed by atoms with van der Waals surface area (Å²) in [4.78, 5) is 23.7. The van der Waals surface area contributed by atoms with Gasteiger partial charge in [0.2, 0.25) is 5.91 Å². The average molecular weight is 364 g/mol. The first kappa shape index (κ1) is 18.4. The average Bonchev–Trinajstić information content (AvgIpc) is 2.57. The zero-order valence-corrected chi connectivity index (χ0v) is 15.0. The monoisotopic (exact) mass is 363 g/mol.